The highest BCUT2D eigenvalue weighted by Crippen LogP contribution is 2.32. The molecule has 0 fully saturated rings. The lowest BCUT2D eigenvalue weighted by Crippen LogP contribution is -2.18. The average Bonchev–Trinajstić information content (AvgIpc) is 2.69. The van der Waals surface area contributed by atoms with Crippen molar-refractivity contribution in [3.8, 4) is 5.75 Å². The van der Waals surface area contributed by atoms with Crippen LogP contribution in [-0.2, 0) is 0 Å². The summed E-state index contributed by atoms with van der Waals surface area (Å²) in [5.41, 5.74) is 4.72. The second kappa shape index (κ2) is 5.71. The van der Waals surface area contributed by atoms with Crippen molar-refractivity contribution in [2.45, 2.75) is 33.7 Å². The summed E-state index contributed by atoms with van der Waals surface area (Å²) in [7, 11) is 3.69. The molecule has 1 aromatic heterocycles. The van der Waals surface area contributed by atoms with E-state index < -0.39 is 0 Å². The minimum absolute atomic E-state index is 0.135. The van der Waals surface area contributed by atoms with Gasteiger partial charge in [0.1, 0.15) is 17.3 Å². The average molecular weight is 273 g/mol. The van der Waals surface area contributed by atoms with Crippen molar-refractivity contribution in [2.24, 2.45) is 0 Å². The first-order valence-corrected chi connectivity index (χ1v) is 6.87. The van der Waals surface area contributed by atoms with Gasteiger partial charge in [0.15, 0.2) is 0 Å². The van der Waals surface area contributed by atoms with Crippen LogP contribution in [0.1, 0.15) is 39.8 Å². The fraction of sp³-hybridized carbons (Fsp3) is 0.412. The highest BCUT2D eigenvalue weighted by atomic mass is 16.5. The van der Waals surface area contributed by atoms with E-state index in [0.717, 1.165) is 28.4 Å². The van der Waals surface area contributed by atoms with Gasteiger partial charge in [-0.05, 0) is 57.5 Å². The van der Waals surface area contributed by atoms with Gasteiger partial charge < -0.3 is 14.5 Å². The Morgan fingerprint density at radius 3 is 2.05 bits per heavy atom. The van der Waals surface area contributed by atoms with E-state index in [0.29, 0.717) is 0 Å². The molecule has 3 heteroatoms. The third kappa shape index (κ3) is 2.59. The van der Waals surface area contributed by atoms with Crippen molar-refractivity contribution >= 4 is 0 Å². The van der Waals surface area contributed by atoms with E-state index in [4.69, 9.17) is 9.15 Å². The quantitative estimate of drug-likeness (QED) is 0.919. The van der Waals surface area contributed by atoms with Crippen LogP contribution in [0.3, 0.4) is 0 Å². The van der Waals surface area contributed by atoms with Gasteiger partial charge in [0.05, 0.1) is 13.2 Å². The standard InChI is InChI=1S/C17H23NO2/c1-10-7-14(8-11(2)17(10)19-6)16(18-5)15-9-12(3)20-13(15)4/h7-9,16,18H,1-6H3. The second-order valence-electron chi connectivity index (χ2n) is 5.28. The van der Waals surface area contributed by atoms with Crippen molar-refractivity contribution < 1.29 is 9.15 Å². The van der Waals surface area contributed by atoms with Gasteiger partial charge in [0.2, 0.25) is 0 Å². The van der Waals surface area contributed by atoms with E-state index in [9.17, 15) is 0 Å². The monoisotopic (exact) mass is 273 g/mol. The van der Waals surface area contributed by atoms with Crippen LogP contribution in [0.5, 0.6) is 5.75 Å². The lowest BCUT2D eigenvalue weighted by atomic mass is 9.95. The highest BCUT2D eigenvalue weighted by Gasteiger charge is 2.19. The number of rotatable bonds is 4. The molecule has 0 aliphatic rings. The Balaban J connectivity index is 2.50. The first kappa shape index (κ1) is 14.7. The number of aryl methyl sites for hydroxylation is 4. The molecule has 0 radical (unpaired) electrons. The van der Waals surface area contributed by atoms with Crippen LogP contribution in [0, 0.1) is 27.7 Å². The summed E-state index contributed by atoms with van der Waals surface area (Å²) >= 11 is 0. The summed E-state index contributed by atoms with van der Waals surface area (Å²) in [6.45, 7) is 8.15. The van der Waals surface area contributed by atoms with Gasteiger partial charge in [-0.3, -0.25) is 0 Å². The van der Waals surface area contributed by atoms with Crippen molar-refractivity contribution in [1.82, 2.24) is 5.32 Å². The third-order valence-corrected chi connectivity index (χ3v) is 3.70. The molecule has 1 atom stereocenters. The molecule has 108 valence electrons. The van der Waals surface area contributed by atoms with Crippen molar-refractivity contribution in [1.29, 1.82) is 0 Å². The molecule has 2 aromatic rings. The molecule has 0 saturated heterocycles. The van der Waals surface area contributed by atoms with Crippen LogP contribution in [0.2, 0.25) is 0 Å². The molecule has 1 aromatic carbocycles. The number of furan rings is 1. The summed E-state index contributed by atoms with van der Waals surface area (Å²) in [6.07, 6.45) is 0. The molecule has 2 rings (SSSR count). The molecule has 3 nitrogen and oxygen atoms in total. The molecule has 1 heterocycles. The molecule has 0 spiro atoms. The Morgan fingerprint density at radius 2 is 1.65 bits per heavy atom. The zero-order valence-corrected chi connectivity index (χ0v) is 13.1. The van der Waals surface area contributed by atoms with Gasteiger partial charge in [-0.2, -0.15) is 0 Å². The van der Waals surface area contributed by atoms with E-state index in [2.05, 4.69) is 37.4 Å². The molecule has 0 aliphatic carbocycles. The number of nitrogens with one attached hydrogen (secondary N) is 1. The minimum atomic E-state index is 0.135. The maximum atomic E-state index is 5.66. The molecule has 0 amide bonds. The van der Waals surface area contributed by atoms with Crippen LogP contribution in [-0.4, -0.2) is 14.2 Å². The smallest absolute Gasteiger partial charge is 0.124 e. The SMILES string of the molecule is CNC(c1cc(C)c(OC)c(C)c1)c1cc(C)oc1C. The van der Waals surface area contributed by atoms with Gasteiger partial charge in [-0.15, -0.1) is 0 Å². The Bertz CT molecular complexity index is 590. The predicted molar refractivity (Wildman–Crippen MR) is 81.6 cm³/mol. The normalized spacial score (nSPS) is 12.5. The maximum Gasteiger partial charge on any atom is 0.124 e. The number of hydrogen-bond donors (Lipinski definition) is 1. The fourth-order valence-electron chi connectivity index (χ4n) is 2.91. The molecule has 0 bridgehead atoms. The van der Waals surface area contributed by atoms with Crippen molar-refractivity contribution in [3.63, 3.8) is 0 Å². The van der Waals surface area contributed by atoms with Gasteiger partial charge in [0, 0.05) is 5.56 Å². The second-order valence-corrected chi connectivity index (χ2v) is 5.28. The van der Waals surface area contributed by atoms with E-state index in [1.807, 2.05) is 20.9 Å². The topological polar surface area (TPSA) is 34.4 Å². The Kier molecular flexibility index (Phi) is 4.19. The number of methoxy groups -OCH3 is 1. The predicted octanol–water partition coefficient (Wildman–Crippen LogP) is 3.83. The Labute approximate surface area is 121 Å². The summed E-state index contributed by atoms with van der Waals surface area (Å²) in [5, 5.41) is 3.38. The number of hydrogen-bond acceptors (Lipinski definition) is 3. The molecule has 20 heavy (non-hydrogen) atoms. The maximum absolute atomic E-state index is 5.66. The minimum Gasteiger partial charge on any atom is -0.496 e. The number of benzene rings is 1. The molecule has 1 unspecified atom stereocenters. The molecule has 1 N–H and O–H groups in total. The van der Waals surface area contributed by atoms with Crippen LogP contribution in [0.4, 0.5) is 0 Å². The summed E-state index contributed by atoms with van der Waals surface area (Å²) in [4.78, 5) is 0. The van der Waals surface area contributed by atoms with E-state index >= 15 is 0 Å². The van der Waals surface area contributed by atoms with Gasteiger partial charge >= 0.3 is 0 Å². The van der Waals surface area contributed by atoms with Gasteiger partial charge in [-0.1, -0.05) is 12.1 Å². The summed E-state index contributed by atoms with van der Waals surface area (Å²) < 4.78 is 11.1. The molecule has 0 saturated carbocycles. The number of ether oxygens (including phenoxy) is 1. The van der Waals surface area contributed by atoms with Crippen molar-refractivity contribution in [3.05, 3.63) is 52.0 Å². The van der Waals surface area contributed by atoms with Crippen LogP contribution in [0.25, 0.3) is 0 Å². The van der Waals surface area contributed by atoms with E-state index in [-0.39, 0.29) is 6.04 Å². The van der Waals surface area contributed by atoms with E-state index in [1.54, 1.807) is 7.11 Å². The van der Waals surface area contributed by atoms with Crippen LogP contribution < -0.4 is 10.1 Å². The lowest BCUT2D eigenvalue weighted by Gasteiger charge is -2.19. The summed E-state index contributed by atoms with van der Waals surface area (Å²) in [6, 6.07) is 6.59. The van der Waals surface area contributed by atoms with Crippen LogP contribution in [0.15, 0.2) is 22.6 Å². The first-order chi connectivity index (χ1) is 9.47. The van der Waals surface area contributed by atoms with Crippen molar-refractivity contribution in [2.75, 3.05) is 14.2 Å². The Hall–Kier alpha value is -1.74. The summed E-state index contributed by atoms with van der Waals surface area (Å²) in [5.74, 6) is 2.87. The van der Waals surface area contributed by atoms with Gasteiger partial charge in [0.25, 0.3) is 0 Å². The van der Waals surface area contributed by atoms with E-state index in [1.165, 1.54) is 11.1 Å². The molecular formula is C17H23NO2. The fourth-order valence-corrected chi connectivity index (χ4v) is 2.91. The van der Waals surface area contributed by atoms with Crippen LogP contribution >= 0.6 is 0 Å². The lowest BCUT2D eigenvalue weighted by molar-refractivity contribution is 0.408. The zero-order chi connectivity index (χ0) is 14.9. The largest absolute Gasteiger partial charge is 0.496 e. The highest BCUT2D eigenvalue weighted by molar-refractivity contribution is 5.46. The molecular weight excluding hydrogens is 250 g/mol. The third-order valence-electron chi connectivity index (χ3n) is 3.70. The van der Waals surface area contributed by atoms with Gasteiger partial charge in [-0.25, -0.2) is 0 Å². The molecule has 0 aliphatic heterocycles. The Morgan fingerprint density at radius 1 is 1.05 bits per heavy atom. The zero-order valence-electron chi connectivity index (χ0n) is 13.1. The first-order valence-electron chi connectivity index (χ1n) is 6.87.